The van der Waals surface area contributed by atoms with E-state index in [0.29, 0.717) is 17.1 Å². The molecule has 164 valence electrons. The van der Waals surface area contributed by atoms with Crippen molar-refractivity contribution in [2.45, 2.75) is 11.3 Å². The van der Waals surface area contributed by atoms with Crippen LogP contribution in [0.4, 0.5) is 18.9 Å². The molecule has 3 N–H and O–H groups in total. The Bertz CT molecular complexity index is 1090. The first-order valence-corrected chi connectivity index (χ1v) is 9.75. The van der Waals surface area contributed by atoms with Gasteiger partial charge in [-0.25, -0.2) is 4.68 Å². The van der Waals surface area contributed by atoms with Crippen molar-refractivity contribution < 1.29 is 27.4 Å². The molecule has 0 spiro atoms. The minimum Gasteiger partial charge on any atom is -0.497 e. The van der Waals surface area contributed by atoms with Crippen molar-refractivity contribution in [3.05, 3.63) is 48.0 Å². The molecule has 1 amide bonds. The number of ether oxygens (including phenoxy) is 2. The first-order valence-electron chi connectivity index (χ1n) is 8.76. The number of hydrogen-bond acceptors (Lipinski definition) is 7. The van der Waals surface area contributed by atoms with Crippen LogP contribution in [0.2, 0.25) is 0 Å². The highest BCUT2D eigenvalue weighted by Gasteiger charge is 2.33. The van der Waals surface area contributed by atoms with E-state index in [1.807, 2.05) is 0 Å². The molecular weight excluding hydrogens is 435 g/mol. The van der Waals surface area contributed by atoms with Crippen LogP contribution in [-0.4, -0.2) is 40.8 Å². The van der Waals surface area contributed by atoms with Crippen molar-refractivity contribution in [3.8, 4) is 22.9 Å². The minimum atomic E-state index is -4.58. The first-order chi connectivity index (χ1) is 14.7. The summed E-state index contributed by atoms with van der Waals surface area (Å²) in [5.74, 6) is 6.50. The molecule has 31 heavy (non-hydrogen) atoms. The van der Waals surface area contributed by atoms with Crippen LogP contribution in [0.15, 0.2) is 47.6 Å². The molecule has 0 atom stereocenters. The predicted octanol–water partition coefficient (Wildman–Crippen LogP) is 3.43. The lowest BCUT2D eigenvalue weighted by molar-refractivity contribution is -0.137. The van der Waals surface area contributed by atoms with Gasteiger partial charge in [-0.15, -0.1) is 10.2 Å². The fourth-order valence-corrected chi connectivity index (χ4v) is 3.35. The third kappa shape index (κ3) is 5.02. The van der Waals surface area contributed by atoms with Gasteiger partial charge in [-0.3, -0.25) is 4.79 Å². The molecule has 2 aromatic carbocycles. The fraction of sp³-hybridized carbons (Fsp3) is 0.211. The number of rotatable bonds is 7. The molecule has 0 fully saturated rings. The van der Waals surface area contributed by atoms with Gasteiger partial charge in [-0.1, -0.05) is 23.9 Å². The summed E-state index contributed by atoms with van der Waals surface area (Å²) in [5, 5.41) is 10.4. The number of alkyl halides is 3. The molecule has 3 rings (SSSR count). The van der Waals surface area contributed by atoms with Crippen molar-refractivity contribution in [2.24, 2.45) is 0 Å². The molecule has 8 nitrogen and oxygen atoms in total. The number of carbonyl (C=O) groups excluding carboxylic acids is 1. The molecule has 3 aromatic rings. The summed E-state index contributed by atoms with van der Waals surface area (Å²) in [5.41, 5.74) is -0.698. The smallest absolute Gasteiger partial charge is 0.418 e. The zero-order chi connectivity index (χ0) is 22.6. The van der Waals surface area contributed by atoms with Crippen LogP contribution in [0.5, 0.6) is 11.5 Å². The quantitative estimate of drug-likeness (QED) is 0.417. The van der Waals surface area contributed by atoms with E-state index in [1.165, 1.54) is 37.1 Å². The molecule has 0 saturated heterocycles. The number of methoxy groups -OCH3 is 2. The van der Waals surface area contributed by atoms with Crippen LogP contribution in [-0.2, 0) is 11.0 Å². The van der Waals surface area contributed by atoms with Crippen LogP contribution < -0.4 is 20.6 Å². The van der Waals surface area contributed by atoms with Crippen LogP contribution in [0.1, 0.15) is 5.56 Å². The van der Waals surface area contributed by atoms with Gasteiger partial charge < -0.3 is 20.6 Å². The summed E-state index contributed by atoms with van der Waals surface area (Å²) < 4.78 is 50.8. The summed E-state index contributed by atoms with van der Waals surface area (Å²) >= 11 is 0.930. The minimum absolute atomic E-state index is 0.201. The summed E-state index contributed by atoms with van der Waals surface area (Å²) in [7, 11) is 3.00. The molecule has 0 aliphatic rings. The van der Waals surface area contributed by atoms with Crippen LogP contribution in [0, 0.1) is 0 Å². The average Bonchev–Trinajstić information content (AvgIpc) is 3.11. The number of nitrogens with one attached hydrogen (secondary N) is 1. The van der Waals surface area contributed by atoms with Gasteiger partial charge in [-0.2, -0.15) is 13.2 Å². The number of anilines is 1. The number of para-hydroxylation sites is 1. The van der Waals surface area contributed by atoms with Gasteiger partial charge >= 0.3 is 6.18 Å². The number of nitrogen functional groups attached to an aromatic ring is 1. The first kappa shape index (κ1) is 22.3. The maximum absolute atomic E-state index is 13.1. The third-order valence-electron chi connectivity index (χ3n) is 4.15. The Balaban J connectivity index is 1.72. The number of aromatic nitrogens is 3. The number of nitrogens with two attached hydrogens (primary N) is 1. The monoisotopic (exact) mass is 453 g/mol. The van der Waals surface area contributed by atoms with Crippen molar-refractivity contribution in [1.82, 2.24) is 14.9 Å². The average molecular weight is 453 g/mol. The lowest BCUT2D eigenvalue weighted by Crippen LogP contribution is -2.19. The Labute approximate surface area is 179 Å². The molecule has 0 radical (unpaired) electrons. The number of halogens is 3. The lowest BCUT2D eigenvalue weighted by Gasteiger charge is -2.13. The van der Waals surface area contributed by atoms with Gasteiger partial charge in [-0.05, 0) is 24.3 Å². The number of nitrogens with zero attached hydrogens (tertiary/aromatic N) is 3. The predicted molar refractivity (Wildman–Crippen MR) is 110 cm³/mol. The number of amides is 1. The van der Waals surface area contributed by atoms with Crippen LogP contribution in [0.25, 0.3) is 11.4 Å². The second-order valence-electron chi connectivity index (χ2n) is 6.12. The Hall–Kier alpha value is -3.41. The highest BCUT2D eigenvalue weighted by Crippen LogP contribution is 2.35. The largest absolute Gasteiger partial charge is 0.497 e. The van der Waals surface area contributed by atoms with Crippen LogP contribution >= 0.6 is 11.8 Å². The molecule has 0 aliphatic carbocycles. The molecule has 12 heteroatoms. The second kappa shape index (κ2) is 9.16. The van der Waals surface area contributed by atoms with Gasteiger partial charge in [0, 0.05) is 6.07 Å². The summed E-state index contributed by atoms with van der Waals surface area (Å²) in [6.45, 7) is 0. The summed E-state index contributed by atoms with van der Waals surface area (Å²) in [6.07, 6.45) is -4.58. The van der Waals surface area contributed by atoms with Gasteiger partial charge in [0.25, 0.3) is 0 Å². The maximum atomic E-state index is 13.1. The van der Waals surface area contributed by atoms with Crippen molar-refractivity contribution >= 4 is 23.4 Å². The van der Waals surface area contributed by atoms with E-state index < -0.39 is 17.6 Å². The zero-order valence-electron chi connectivity index (χ0n) is 16.4. The van der Waals surface area contributed by atoms with Crippen molar-refractivity contribution in [1.29, 1.82) is 0 Å². The SMILES string of the molecule is COc1ccc(-c2nnc(SCC(=O)Nc3ccccc3C(F)(F)F)n2N)c(OC)c1. The normalized spacial score (nSPS) is 11.3. The summed E-state index contributed by atoms with van der Waals surface area (Å²) in [4.78, 5) is 12.2. The van der Waals surface area contributed by atoms with E-state index in [1.54, 1.807) is 18.2 Å². The van der Waals surface area contributed by atoms with Gasteiger partial charge in [0.2, 0.25) is 11.1 Å². The second-order valence-corrected chi connectivity index (χ2v) is 7.07. The van der Waals surface area contributed by atoms with E-state index in [4.69, 9.17) is 15.3 Å². The van der Waals surface area contributed by atoms with Crippen molar-refractivity contribution in [2.75, 3.05) is 31.1 Å². The van der Waals surface area contributed by atoms with Gasteiger partial charge in [0.05, 0.1) is 36.8 Å². The van der Waals surface area contributed by atoms with Gasteiger partial charge in [0.1, 0.15) is 11.5 Å². The molecule has 0 unspecified atom stereocenters. The Morgan fingerprint density at radius 3 is 2.58 bits per heavy atom. The molecular formula is C19H18F3N5O3S. The molecule has 1 aromatic heterocycles. The Morgan fingerprint density at radius 2 is 1.90 bits per heavy atom. The fourth-order valence-electron chi connectivity index (χ4n) is 2.70. The van der Waals surface area contributed by atoms with Gasteiger partial charge in [0.15, 0.2) is 5.82 Å². The maximum Gasteiger partial charge on any atom is 0.418 e. The number of hydrogen-bond donors (Lipinski definition) is 2. The Kier molecular flexibility index (Phi) is 6.59. The molecule has 0 aliphatic heterocycles. The number of thioether (sulfide) groups is 1. The van der Waals surface area contributed by atoms with E-state index in [0.717, 1.165) is 17.8 Å². The topological polar surface area (TPSA) is 104 Å². The Morgan fingerprint density at radius 1 is 1.16 bits per heavy atom. The molecule has 1 heterocycles. The third-order valence-corrected chi connectivity index (χ3v) is 5.10. The highest BCUT2D eigenvalue weighted by molar-refractivity contribution is 7.99. The van der Waals surface area contributed by atoms with E-state index >= 15 is 0 Å². The van der Waals surface area contributed by atoms with Crippen molar-refractivity contribution in [3.63, 3.8) is 0 Å². The zero-order valence-corrected chi connectivity index (χ0v) is 17.3. The molecule has 0 bridgehead atoms. The number of carbonyl (C=O) groups is 1. The molecule has 0 saturated carbocycles. The summed E-state index contributed by atoms with van der Waals surface area (Å²) in [6, 6.07) is 9.79. The van der Waals surface area contributed by atoms with E-state index in [9.17, 15) is 18.0 Å². The van der Waals surface area contributed by atoms with E-state index in [2.05, 4.69) is 15.5 Å². The standard InChI is InChI=1S/C19H18F3N5O3S/c1-29-11-7-8-12(15(9-11)30-2)17-25-26-18(27(17)23)31-10-16(28)24-14-6-4-3-5-13(14)19(20,21)22/h3-9H,10,23H2,1-2H3,(H,24,28). The lowest BCUT2D eigenvalue weighted by atomic mass is 10.1. The van der Waals surface area contributed by atoms with E-state index in [-0.39, 0.29) is 22.4 Å². The van der Waals surface area contributed by atoms with Crippen LogP contribution in [0.3, 0.4) is 0 Å². The number of benzene rings is 2. The highest BCUT2D eigenvalue weighted by atomic mass is 32.2.